The summed E-state index contributed by atoms with van der Waals surface area (Å²) in [5.74, 6) is -0.0644. The molecule has 2 heterocycles. The van der Waals surface area contributed by atoms with Gasteiger partial charge in [-0.05, 0) is 4.92 Å². The van der Waals surface area contributed by atoms with Crippen LogP contribution in [-0.4, -0.2) is 19.9 Å². The number of fused-ring (bicyclic) bond motifs is 1. The molecule has 2 rings (SSSR count). The van der Waals surface area contributed by atoms with E-state index in [4.69, 9.17) is 0 Å². The minimum atomic E-state index is -0.498. The first kappa shape index (κ1) is 6.71. The highest BCUT2D eigenvalue weighted by Crippen LogP contribution is 2.16. The van der Waals surface area contributed by atoms with Crippen LogP contribution in [0.3, 0.4) is 0 Å². The number of hydrogen-bond donors (Lipinski definition) is 1. The van der Waals surface area contributed by atoms with Gasteiger partial charge in [0.1, 0.15) is 11.8 Å². The van der Waals surface area contributed by atoms with E-state index in [-0.39, 0.29) is 5.82 Å². The monoisotopic (exact) mass is 164 g/mol. The van der Waals surface area contributed by atoms with Crippen molar-refractivity contribution in [2.45, 2.75) is 0 Å². The lowest BCUT2D eigenvalue weighted by molar-refractivity contribution is -0.389. The zero-order chi connectivity index (χ0) is 8.55. The van der Waals surface area contributed by atoms with Crippen molar-refractivity contribution >= 4 is 16.9 Å². The number of nitro groups is 1. The second-order valence-electron chi connectivity index (χ2n) is 2.23. The van der Waals surface area contributed by atoms with Crippen molar-refractivity contribution in [3.05, 3.63) is 28.7 Å². The number of aromatic amines is 1. The Balaban J connectivity index is 2.70. The number of hydrogen-bond acceptors (Lipinski definition) is 4. The Hall–Kier alpha value is -1.98. The third kappa shape index (κ3) is 0.895. The van der Waals surface area contributed by atoms with Crippen LogP contribution in [0.25, 0.3) is 11.0 Å². The molecule has 6 heteroatoms. The molecule has 0 bridgehead atoms. The molecule has 0 aliphatic heterocycles. The van der Waals surface area contributed by atoms with Crippen LogP contribution >= 0.6 is 0 Å². The van der Waals surface area contributed by atoms with E-state index >= 15 is 0 Å². The molecule has 0 aliphatic rings. The van der Waals surface area contributed by atoms with Gasteiger partial charge in [0.2, 0.25) is 0 Å². The largest absolute Gasteiger partial charge is 0.358 e. The van der Waals surface area contributed by atoms with Gasteiger partial charge in [0.25, 0.3) is 0 Å². The van der Waals surface area contributed by atoms with E-state index in [1.54, 1.807) is 0 Å². The molecule has 0 spiro atoms. The first-order valence-electron chi connectivity index (χ1n) is 3.20. The Labute approximate surface area is 66.4 Å². The number of nitrogens with zero attached hydrogens (tertiary/aromatic N) is 3. The third-order valence-electron chi connectivity index (χ3n) is 1.48. The summed E-state index contributed by atoms with van der Waals surface area (Å²) in [6.07, 6.45) is 2.84. The van der Waals surface area contributed by atoms with E-state index in [0.29, 0.717) is 11.0 Å². The van der Waals surface area contributed by atoms with Gasteiger partial charge in [-0.15, -0.1) is 0 Å². The van der Waals surface area contributed by atoms with Crippen LogP contribution in [0.4, 0.5) is 5.82 Å². The second-order valence-corrected chi connectivity index (χ2v) is 2.23. The molecule has 0 aliphatic carbocycles. The highest BCUT2D eigenvalue weighted by molar-refractivity contribution is 5.76. The standard InChI is InChI=1S/C6H4N4O2/c11-10(12)6-1-4-5(9-6)2-7-3-8-4/h1-3,9H. The molecule has 6 nitrogen and oxygen atoms in total. The number of H-pyrrole nitrogens is 1. The lowest BCUT2D eigenvalue weighted by Crippen LogP contribution is -1.85. The topological polar surface area (TPSA) is 84.7 Å². The van der Waals surface area contributed by atoms with Crippen LogP contribution in [0, 0.1) is 10.1 Å². The van der Waals surface area contributed by atoms with Crippen molar-refractivity contribution in [3.8, 4) is 0 Å². The molecule has 0 aromatic carbocycles. The Bertz CT molecular complexity index is 403. The van der Waals surface area contributed by atoms with Gasteiger partial charge in [0, 0.05) is 0 Å². The molecule has 1 N–H and O–H groups in total. The van der Waals surface area contributed by atoms with Gasteiger partial charge in [-0.2, -0.15) is 0 Å². The van der Waals surface area contributed by atoms with Gasteiger partial charge in [-0.25, -0.2) is 15.0 Å². The van der Waals surface area contributed by atoms with Crippen LogP contribution in [0.1, 0.15) is 0 Å². The minimum Gasteiger partial charge on any atom is -0.358 e. The smallest absolute Gasteiger partial charge is 0.323 e. The lowest BCUT2D eigenvalue weighted by atomic mass is 10.5. The summed E-state index contributed by atoms with van der Waals surface area (Å²) < 4.78 is 0. The van der Waals surface area contributed by atoms with Crippen molar-refractivity contribution in [1.29, 1.82) is 0 Å². The average Bonchev–Trinajstić information content (AvgIpc) is 2.46. The molecule has 2 aromatic heterocycles. The predicted molar refractivity (Wildman–Crippen MR) is 40.5 cm³/mol. The molecule has 0 radical (unpaired) electrons. The van der Waals surface area contributed by atoms with E-state index in [9.17, 15) is 10.1 Å². The summed E-state index contributed by atoms with van der Waals surface area (Å²) in [4.78, 5) is 19.9. The maximum atomic E-state index is 10.3. The Morgan fingerprint density at radius 1 is 1.58 bits per heavy atom. The van der Waals surface area contributed by atoms with Crippen molar-refractivity contribution in [3.63, 3.8) is 0 Å². The van der Waals surface area contributed by atoms with Crippen LogP contribution in [0.5, 0.6) is 0 Å². The summed E-state index contributed by atoms with van der Waals surface area (Å²) in [6, 6.07) is 1.37. The Morgan fingerprint density at radius 3 is 3.08 bits per heavy atom. The first-order chi connectivity index (χ1) is 5.77. The van der Waals surface area contributed by atoms with E-state index < -0.39 is 4.92 Å². The van der Waals surface area contributed by atoms with Crippen molar-refractivity contribution in [1.82, 2.24) is 15.0 Å². The summed E-state index contributed by atoms with van der Waals surface area (Å²) >= 11 is 0. The van der Waals surface area contributed by atoms with Crippen LogP contribution in [0.15, 0.2) is 18.6 Å². The number of rotatable bonds is 1. The molecule has 0 atom stereocenters. The molecule has 0 amide bonds. The van der Waals surface area contributed by atoms with Crippen LogP contribution in [-0.2, 0) is 0 Å². The molecule has 0 saturated heterocycles. The van der Waals surface area contributed by atoms with Crippen LogP contribution < -0.4 is 0 Å². The average molecular weight is 164 g/mol. The Morgan fingerprint density at radius 2 is 2.42 bits per heavy atom. The maximum absolute atomic E-state index is 10.3. The van der Waals surface area contributed by atoms with E-state index in [0.717, 1.165) is 0 Å². The molecule has 0 fully saturated rings. The van der Waals surface area contributed by atoms with Gasteiger partial charge < -0.3 is 10.1 Å². The normalized spacial score (nSPS) is 10.3. The van der Waals surface area contributed by atoms with Gasteiger partial charge in [0.05, 0.1) is 12.3 Å². The van der Waals surface area contributed by atoms with E-state index in [1.165, 1.54) is 18.6 Å². The number of aromatic nitrogens is 3. The van der Waals surface area contributed by atoms with Gasteiger partial charge in [-0.1, -0.05) is 0 Å². The summed E-state index contributed by atoms with van der Waals surface area (Å²) in [5.41, 5.74) is 1.13. The molecule has 0 unspecified atom stereocenters. The second kappa shape index (κ2) is 2.26. The fourth-order valence-electron chi connectivity index (χ4n) is 0.952. The van der Waals surface area contributed by atoms with Crippen molar-refractivity contribution in [2.75, 3.05) is 0 Å². The Kier molecular flexibility index (Phi) is 1.26. The molecule has 2 aromatic rings. The zero-order valence-electron chi connectivity index (χ0n) is 5.89. The predicted octanol–water partition coefficient (Wildman–Crippen LogP) is 0.866. The molecule has 60 valence electrons. The molecule has 12 heavy (non-hydrogen) atoms. The highest BCUT2D eigenvalue weighted by atomic mass is 16.6. The van der Waals surface area contributed by atoms with Crippen molar-refractivity contribution < 1.29 is 4.92 Å². The quantitative estimate of drug-likeness (QED) is 0.500. The van der Waals surface area contributed by atoms with Gasteiger partial charge in [-0.3, -0.25) is 0 Å². The third-order valence-corrected chi connectivity index (χ3v) is 1.48. The van der Waals surface area contributed by atoms with E-state index in [2.05, 4.69) is 15.0 Å². The fraction of sp³-hybridized carbons (Fsp3) is 0. The minimum absolute atomic E-state index is 0.0644. The SMILES string of the molecule is O=[N+]([O-])c1cc2ncncc2[nH]1. The zero-order valence-corrected chi connectivity index (χ0v) is 5.89. The van der Waals surface area contributed by atoms with Crippen molar-refractivity contribution in [2.24, 2.45) is 0 Å². The maximum Gasteiger partial charge on any atom is 0.323 e. The van der Waals surface area contributed by atoms with Gasteiger partial charge in [0.15, 0.2) is 5.52 Å². The molecular formula is C6H4N4O2. The lowest BCUT2D eigenvalue weighted by Gasteiger charge is -1.84. The van der Waals surface area contributed by atoms with Crippen LogP contribution in [0.2, 0.25) is 0 Å². The van der Waals surface area contributed by atoms with E-state index in [1.807, 2.05) is 0 Å². The molecular weight excluding hydrogens is 160 g/mol. The summed E-state index contributed by atoms with van der Waals surface area (Å²) in [7, 11) is 0. The summed E-state index contributed by atoms with van der Waals surface area (Å²) in [6.45, 7) is 0. The fourth-order valence-corrected chi connectivity index (χ4v) is 0.952. The van der Waals surface area contributed by atoms with Gasteiger partial charge >= 0.3 is 5.82 Å². The number of nitrogens with one attached hydrogen (secondary N) is 1. The highest BCUT2D eigenvalue weighted by Gasteiger charge is 2.09. The molecule has 0 saturated carbocycles. The summed E-state index contributed by atoms with van der Waals surface area (Å²) in [5, 5.41) is 10.3. The first-order valence-corrected chi connectivity index (χ1v) is 3.20.